The Morgan fingerprint density at radius 1 is 1.50 bits per heavy atom. The monoisotopic (exact) mass is 251 g/mol. The predicted molar refractivity (Wildman–Crippen MR) is 65.5 cm³/mol. The molecule has 0 radical (unpaired) electrons. The molecule has 1 saturated heterocycles. The standard InChI is InChI=1S/C12H17N3O3/c1-8-9(2)14-11(6-13-8)15-4-5-18-10(7-15)12(16)17-3/h6,10H,4-5,7H2,1-3H3. The zero-order chi connectivity index (χ0) is 13.1. The van der Waals surface area contributed by atoms with Crippen LogP contribution >= 0.6 is 0 Å². The van der Waals surface area contributed by atoms with E-state index in [0.29, 0.717) is 19.7 Å². The lowest BCUT2D eigenvalue weighted by Crippen LogP contribution is -2.47. The van der Waals surface area contributed by atoms with Crippen molar-refractivity contribution in [2.75, 3.05) is 31.7 Å². The van der Waals surface area contributed by atoms with Gasteiger partial charge >= 0.3 is 5.97 Å². The maximum absolute atomic E-state index is 11.5. The third-order valence-electron chi connectivity index (χ3n) is 3.03. The van der Waals surface area contributed by atoms with Crippen LogP contribution in [0, 0.1) is 13.8 Å². The number of esters is 1. The summed E-state index contributed by atoms with van der Waals surface area (Å²) < 4.78 is 10.1. The molecule has 1 aromatic heterocycles. The van der Waals surface area contributed by atoms with Gasteiger partial charge in [0.1, 0.15) is 5.82 Å². The Balaban J connectivity index is 2.13. The smallest absolute Gasteiger partial charge is 0.336 e. The van der Waals surface area contributed by atoms with E-state index in [1.165, 1.54) is 7.11 Å². The topological polar surface area (TPSA) is 64.5 Å². The van der Waals surface area contributed by atoms with E-state index in [-0.39, 0.29) is 5.97 Å². The van der Waals surface area contributed by atoms with Gasteiger partial charge in [-0.25, -0.2) is 9.78 Å². The first-order chi connectivity index (χ1) is 8.61. The highest BCUT2D eigenvalue weighted by Gasteiger charge is 2.28. The van der Waals surface area contributed by atoms with Crippen LogP contribution in [0.5, 0.6) is 0 Å². The lowest BCUT2D eigenvalue weighted by Gasteiger charge is -2.32. The summed E-state index contributed by atoms with van der Waals surface area (Å²) in [6.45, 7) is 5.47. The number of rotatable bonds is 2. The SMILES string of the molecule is COC(=O)C1CN(c2cnc(C)c(C)n2)CCO1. The van der Waals surface area contributed by atoms with Crippen molar-refractivity contribution in [1.82, 2.24) is 9.97 Å². The summed E-state index contributed by atoms with van der Waals surface area (Å²) in [5.41, 5.74) is 1.81. The maximum Gasteiger partial charge on any atom is 0.336 e. The number of methoxy groups -OCH3 is 1. The van der Waals surface area contributed by atoms with Crippen LogP contribution < -0.4 is 4.90 Å². The molecule has 0 bridgehead atoms. The number of carbonyl (C=O) groups excluding carboxylic acids is 1. The van der Waals surface area contributed by atoms with Crippen molar-refractivity contribution < 1.29 is 14.3 Å². The molecule has 6 nitrogen and oxygen atoms in total. The Bertz CT molecular complexity index is 450. The molecule has 1 aromatic rings. The quantitative estimate of drug-likeness (QED) is 0.712. The van der Waals surface area contributed by atoms with Gasteiger partial charge in [-0.3, -0.25) is 4.98 Å². The number of nitrogens with zero attached hydrogens (tertiary/aromatic N) is 3. The summed E-state index contributed by atoms with van der Waals surface area (Å²) >= 11 is 0. The van der Waals surface area contributed by atoms with Crippen LogP contribution in [0.15, 0.2) is 6.20 Å². The van der Waals surface area contributed by atoms with E-state index in [2.05, 4.69) is 9.97 Å². The third kappa shape index (κ3) is 2.59. The van der Waals surface area contributed by atoms with Gasteiger partial charge in [0.25, 0.3) is 0 Å². The highest BCUT2D eigenvalue weighted by molar-refractivity contribution is 5.75. The van der Waals surface area contributed by atoms with E-state index in [9.17, 15) is 4.79 Å². The lowest BCUT2D eigenvalue weighted by atomic mass is 10.2. The summed E-state index contributed by atoms with van der Waals surface area (Å²) in [4.78, 5) is 22.2. The lowest BCUT2D eigenvalue weighted by molar-refractivity contribution is -0.154. The van der Waals surface area contributed by atoms with Crippen LogP contribution in [0.1, 0.15) is 11.4 Å². The molecule has 0 aliphatic carbocycles. The second kappa shape index (κ2) is 5.30. The van der Waals surface area contributed by atoms with Crippen molar-refractivity contribution in [1.29, 1.82) is 0 Å². The van der Waals surface area contributed by atoms with Crippen molar-refractivity contribution in [3.05, 3.63) is 17.6 Å². The molecule has 2 heterocycles. The van der Waals surface area contributed by atoms with Crippen molar-refractivity contribution in [3.63, 3.8) is 0 Å². The summed E-state index contributed by atoms with van der Waals surface area (Å²) in [7, 11) is 1.36. The molecule has 0 saturated carbocycles. The van der Waals surface area contributed by atoms with Crippen LogP contribution in [0.25, 0.3) is 0 Å². The highest BCUT2D eigenvalue weighted by atomic mass is 16.6. The zero-order valence-electron chi connectivity index (χ0n) is 10.8. The number of aryl methyl sites for hydroxylation is 2. The molecule has 18 heavy (non-hydrogen) atoms. The average molecular weight is 251 g/mol. The van der Waals surface area contributed by atoms with Crippen LogP contribution in [-0.4, -0.2) is 48.8 Å². The van der Waals surface area contributed by atoms with Gasteiger partial charge in [-0.1, -0.05) is 0 Å². The molecule has 0 aromatic carbocycles. The van der Waals surface area contributed by atoms with Gasteiger partial charge in [-0.05, 0) is 13.8 Å². The van der Waals surface area contributed by atoms with Crippen LogP contribution in [0.2, 0.25) is 0 Å². The largest absolute Gasteiger partial charge is 0.467 e. The summed E-state index contributed by atoms with van der Waals surface area (Å²) in [6, 6.07) is 0. The van der Waals surface area contributed by atoms with Gasteiger partial charge in [0.2, 0.25) is 0 Å². The van der Waals surface area contributed by atoms with E-state index in [4.69, 9.17) is 9.47 Å². The van der Waals surface area contributed by atoms with Crippen LogP contribution in [0.3, 0.4) is 0 Å². The number of anilines is 1. The molecule has 1 atom stereocenters. The van der Waals surface area contributed by atoms with Gasteiger partial charge in [-0.15, -0.1) is 0 Å². The highest BCUT2D eigenvalue weighted by Crippen LogP contribution is 2.16. The van der Waals surface area contributed by atoms with Crippen molar-refractivity contribution >= 4 is 11.8 Å². The number of morpholine rings is 1. The first-order valence-electron chi connectivity index (χ1n) is 5.86. The molecule has 1 aliphatic heterocycles. The Kier molecular flexibility index (Phi) is 3.76. The van der Waals surface area contributed by atoms with E-state index in [0.717, 1.165) is 17.2 Å². The van der Waals surface area contributed by atoms with Crippen molar-refractivity contribution in [2.45, 2.75) is 20.0 Å². The van der Waals surface area contributed by atoms with Crippen molar-refractivity contribution in [2.24, 2.45) is 0 Å². The molecule has 0 spiro atoms. The normalized spacial score (nSPS) is 19.7. The molecule has 1 unspecified atom stereocenters. The average Bonchev–Trinajstić information content (AvgIpc) is 2.41. The number of hydrogen-bond donors (Lipinski definition) is 0. The maximum atomic E-state index is 11.5. The van der Waals surface area contributed by atoms with E-state index < -0.39 is 6.10 Å². The van der Waals surface area contributed by atoms with Crippen LogP contribution in [-0.2, 0) is 14.3 Å². The van der Waals surface area contributed by atoms with Crippen molar-refractivity contribution in [3.8, 4) is 0 Å². The Morgan fingerprint density at radius 3 is 2.94 bits per heavy atom. The van der Waals surface area contributed by atoms with Gasteiger partial charge in [0.15, 0.2) is 6.10 Å². The van der Waals surface area contributed by atoms with Gasteiger partial charge in [0, 0.05) is 6.54 Å². The summed E-state index contributed by atoms with van der Waals surface area (Å²) in [5.74, 6) is 0.423. The molecule has 2 rings (SSSR count). The molecule has 1 aliphatic rings. The second-order valence-electron chi connectivity index (χ2n) is 4.23. The molecule has 1 fully saturated rings. The second-order valence-corrected chi connectivity index (χ2v) is 4.23. The molecule has 6 heteroatoms. The van der Waals surface area contributed by atoms with Crippen LogP contribution in [0.4, 0.5) is 5.82 Å². The van der Waals surface area contributed by atoms with E-state index in [1.54, 1.807) is 6.20 Å². The fraction of sp³-hybridized carbons (Fsp3) is 0.583. The van der Waals surface area contributed by atoms with E-state index >= 15 is 0 Å². The van der Waals surface area contributed by atoms with E-state index in [1.807, 2.05) is 18.7 Å². The zero-order valence-corrected chi connectivity index (χ0v) is 10.8. The Morgan fingerprint density at radius 2 is 2.28 bits per heavy atom. The molecular formula is C12H17N3O3. The molecule has 0 amide bonds. The summed E-state index contributed by atoms with van der Waals surface area (Å²) in [5, 5.41) is 0. The molecule has 0 N–H and O–H groups in total. The Labute approximate surface area is 106 Å². The fourth-order valence-electron chi connectivity index (χ4n) is 1.81. The predicted octanol–water partition coefficient (Wildman–Crippen LogP) is 0.472. The minimum atomic E-state index is -0.549. The summed E-state index contributed by atoms with van der Waals surface area (Å²) in [6.07, 6.45) is 1.18. The third-order valence-corrected chi connectivity index (χ3v) is 3.03. The Hall–Kier alpha value is -1.69. The first-order valence-corrected chi connectivity index (χ1v) is 5.86. The number of ether oxygens (including phenoxy) is 2. The minimum Gasteiger partial charge on any atom is -0.467 e. The van der Waals surface area contributed by atoms with Gasteiger partial charge in [-0.2, -0.15) is 0 Å². The number of carbonyl (C=O) groups is 1. The molecule has 98 valence electrons. The minimum absolute atomic E-state index is 0.350. The molecular weight excluding hydrogens is 234 g/mol. The van der Waals surface area contributed by atoms with Gasteiger partial charge in [0.05, 0.1) is 37.8 Å². The number of hydrogen-bond acceptors (Lipinski definition) is 6. The first kappa shape index (κ1) is 12.8. The number of aromatic nitrogens is 2. The van der Waals surface area contributed by atoms with Gasteiger partial charge < -0.3 is 14.4 Å². The fourth-order valence-corrected chi connectivity index (χ4v) is 1.81.